The molecule has 1 aliphatic carbocycles. The van der Waals surface area contributed by atoms with Gasteiger partial charge in [0, 0.05) is 52.6 Å². The molecule has 1 heterocycles. The second-order valence-corrected chi connectivity index (χ2v) is 8.03. The summed E-state index contributed by atoms with van der Waals surface area (Å²) in [5.74, 6) is 1.24. The second-order valence-electron chi connectivity index (χ2n) is 8.03. The van der Waals surface area contributed by atoms with Crippen LogP contribution in [0.4, 0.5) is 4.39 Å². The Balaban J connectivity index is 1.53. The van der Waals surface area contributed by atoms with E-state index in [1.54, 1.807) is 36.3 Å². The summed E-state index contributed by atoms with van der Waals surface area (Å²) in [5, 5.41) is 6.57. The van der Waals surface area contributed by atoms with Crippen LogP contribution >= 0.6 is 0 Å². The number of carbonyl (C=O) groups is 1. The lowest BCUT2D eigenvalue weighted by molar-refractivity contribution is -0.138. The molecular weight excluding hydrogens is 397 g/mol. The molecule has 0 atom stereocenters. The molecule has 2 aromatic rings. The van der Waals surface area contributed by atoms with Gasteiger partial charge in [0.15, 0.2) is 5.96 Å². The number of hydrogen-bond acceptors (Lipinski definition) is 4. The fourth-order valence-electron chi connectivity index (χ4n) is 3.88. The Morgan fingerprint density at radius 2 is 2.00 bits per heavy atom. The van der Waals surface area contributed by atoms with E-state index in [0.717, 1.165) is 31.2 Å². The van der Waals surface area contributed by atoms with Crippen LogP contribution in [-0.4, -0.2) is 49.4 Å². The molecular formula is C23H30FN5O2. The van der Waals surface area contributed by atoms with Gasteiger partial charge in [-0.25, -0.2) is 9.37 Å². The molecule has 3 rings (SSSR count). The third-order valence-corrected chi connectivity index (χ3v) is 5.51. The van der Waals surface area contributed by atoms with Gasteiger partial charge >= 0.3 is 0 Å². The minimum atomic E-state index is -0.363. The van der Waals surface area contributed by atoms with Crippen LogP contribution in [0.15, 0.2) is 47.6 Å². The van der Waals surface area contributed by atoms with Crippen LogP contribution in [0.2, 0.25) is 0 Å². The number of guanidine groups is 1. The van der Waals surface area contributed by atoms with Crippen LogP contribution in [-0.2, 0) is 11.3 Å². The van der Waals surface area contributed by atoms with E-state index in [1.807, 2.05) is 20.2 Å². The van der Waals surface area contributed by atoms with Crippen molar-refractivity contribution in [1.29, 1.82) is 0 Å². The summed E-state index contributed by atoms with van der Waals surface area (Å²) in [6.07, 6.45) is 5.63. The smallest absolute Gasteiger partial charge is 0.230 e. The van der Waals surface area contributed by atoms with Crippen LogP contribution in [0.5, 0.6) is 11.6 Å². The van der Waals surface area contributed by atoms with Gasteiger partial charge in [-0.1, -0.05) is 25.0 Å². The maximum absolute atomic E-state index is 13.3. The van der Waals surface area contributed by atoms with Gasteiger partial charge in [0.1, 0.15) is 11.6 Å². The van der Waals surface area contributed by atoms with E-state index in [-0.39, 0.29) is 17.1 Å². The Hall–Kier alpha value is -3.16. The van der Waals surface area contributed by atoms with Crippen molar-refractivity contribution in [2.45, 2.75) is 32.2 Å². The highest BCUT2D eigenvalue weighted by atomic mass is 19.1. The largest absolute Gasteiger partial charge is 0.439 e. The van der Waals surface area contributed by atoms with E-state index in [2.05, 4.69) is 20.6 Å². The number of pyridine rings is 1. The number of nitrogens with zero attached hydrogens (tertiary/aromatic N) is 3. The van der Waals surface area contributed by atoms with E-state index in [4.69, 9.17) is 4.74 Å². The van der Waals surface area contributed by atoms with E-state index < -0.39 is 0 Å². The summed E-state index contributed by atoms with van der Waals surface area (Å²) in [4.78, 5) is 22.9. The molecule has 8 heteroatoms. The quantitative estimate of drug-likeness (QED) is 0.524. The van der Waals surface area contributed by atoms with Crippen LogP contribution in [0, 0.1) is 11.2 Å². The molecule has 0 bridgehead atoms. The highest BCUT2D eigenvalue weighted by Gasteiger charge is 2.42. The molecule has 0 saturated heterocycles. The number of carbonyl (C=O) groups excluding carboxylic acids is 1. The molecule has 1 aromatic heterocycles. The summed E-state index contributed by atoms with van der Waals surface area (Å²) in [6.45, 7) is 1.07. The fourth-order valence-corrected chi connectivity index (χ4v) is 3.88. The van der Waals surface area contributed by atoms with E-state index in [0.29, 0.717) is 30.7 Å². The molecule has 2 N–H and O–H groups in total. The minimum Gasteiger partial charge on any atom is -0.439 e. The average Bonchev–Trinajstić information content (AvgIpc) is 3.24. The average molecular weight is 428 g/mol. The Labute approximate surface area is 182 Å². The van der Waals surface area contributed by atoms with Crippen molar-refractivity contribution >= 4 is 11.9 Å². The van der Waals surface area contributed by atoms with Gasteiger partial charge in [-0.3, -0.25) is 9.79 Å². The number of aliphatic imine (C=N–C) groups is 1. The number of aromatic nitrogens is 1. The standard InChI is InChI=1S/C23H30FN5O2/c1-25-22(28-16-23(11-4-5-12-23)21(30)29(2)3)27-15-17-9-10-20(26-14-17)31-19-8-6-7-18(24)13-19/h6-10,13-14H,4-5,11-12,15-16H2,1-3H3,(H2,25,27,28). The van der Waals surface area contributed by atoms with E-state index in [1.165, 1.54) is 12.1 Å². The van der Waals surface area contributed by atoms with Gasteiger partial charge in [-0.05, 0) is 30.5 Å². The number of hydrogen-bond donors (Lipinski definition) is 2. The van der Waals surface area contributed by atoms with Crippen molar-refractivity contribution in [2.75, 3.05) is 27.7 Å². The number of ether oxygens (including phenoxy) is 1. The zero-order valence-electron chi connectivity index (χ0n) is 18.3. The van der Waals surface area contributed by atoms with Gasteiger partial charge in [0.25, 0.3) is 0 Å². The molecule has 0 radical (unpaired) electrons. The summed E-state index contributed by atoms with van der Waals surface area (Å²) >= 11 is 0. The zero-order chi connectivity index (χ0) is 22.3. The zero-order valence-corrected chi connectivity index (χ0v) is 18.3. The molecule has 1 aromatic carbocycles. The fraction of sp³-hybridized carbons (Fsp3) is 0.435. The molecule has 1 fully saturated rings. The summed E-state index contributed by atoms with van der Waals surface area (Å²) in [7, 11) is 5.33. The Kier molecular flexibility index (Phi) is 7.44. The lowest BCUT2D eigenvalue weighted by atomic mass is 9.84. The Bertz CT molecular complexity index is 908. The predicted molar refractivity (Wildman–Crippen MR) is 119 cm³/mol. The second kappa shape index (κ2) is 10.2. The summed E-state index contributed by atoms with van der Waals surface area (Å²) in [6, 6.07) is 9.56. The molecule has 0 spiro atoms. The van der Waals surface area contributed by atoms with Gasteiger partial charge in [0.05, 0.1) is 5.41 Å². The number of nitrogens with one attached hydrogen (secondary N) is 2. The van der Waals surface area contributed by atoms with Crippen LogP contribution in [0.3, 0.4) is 0 Å². The van der Waals surface area contributed by atoms with Crippen LogP contribution in [0.25, 0.3) is 0 Å². The summed E-state index contributed by atoms with van der Waals surface area (Å²) < 4.78 is 18.8. The van der Waals surface area contributed by atoms with Crippen molar-refractivity contribution in [3.05, 3.63) is 54.0 Å². The minimum absolute atomic E-state index is 0.172. The molecule has 1 aliphatic rings. The van der Waals surface area contributed by atoms with Gasteiger partial charge in [-0.15, -0.1) is 0 Å². The van der Waals surface area contributed by atoms with Gasteiger partial charge in [0.2, 0.25) is 11.8 Å². The number of amides is 1. The lowest BCUT2D eigenvalue weighted by Gasteiger charge is -2.31. The number of rotatable bonds is 7. The van der Waals surface area contributed by atoms with Gasteiger partial charge in [-0.2, -0.15) is 0 Å². The van der Waals surface area contributed by atoms with Gasteiger partial charge < -0.3 is 20.3 Å². The normalized spacial score (nSPS) is 15.4. The molecule has 31 heavy (non-hydrogen) atoms. The molecule has 7 nitrogen and oxygen atoms in total. The van der Waals surface area contributed by atoms with Crippen molar-refractivity contribution < 1.29 is 13.9 Å². The highest BCUT2D eigenvalue weighted by Crippen LogP contribution is 2.38. The van der Waals surface area contributed by atoms with E-state index >= 15 is 0 Å². The summed E-state index contributed by atoms with van der Waals surface area (Å²) in [5.41, 5.74) is 0.577. The number of halogens is 1. The maximum Gasteiger partial charge on any atom is 0.230 e. The van der Waals surface area contributed by atoms with E-state index in [9.17, 15) is 9.18 Å². The molecule has 0 unspecified atom stereocenters. The monoisotopic (exact) mass is 427 g/mol. The molecule has 1 saturated carbocycles. The Morgan fingerprint density at radius 3 is 2.61 bits per heavy atom. The third kappa shape index (κ3) is 5.93. The first-order chi connectivity index (χ1) is 14.9. The third-order valence-electron chi connectivity index (χ3n) is 5.51. The van der Waals surface area contributed by atoms with Crippen molar-refractivity contribution in [3.8, 4) is 11.6 Å². The first kappa shape index (κ1) is 22.5. The Morgan fingerprint density at radius 1 is 1.23 bits per heavy atom. The van der Waals surface area contributed by atoms with Crippen molar-refractivity contribution in [1.82, 2.24) is 20.5 Å². The van der Waals surface area contributed by atoms with Crippen molar-refractivity contribution in [3.63, 3.8) is 0 Å². The van der Waals surface area contributed by atoms with Crippen molar-refractivity contribution in [2.24, 2.45) is 10.4 Å². The predicted octanol–water partition coefficient (Wildman–Crippen LogP) is 3.33. The first-order valence-corrected chi connectivity index (χ1v) is 10.5. The van der Waals surface area contributed by atoms with Crippen LogP contribution in [0.1, 0.15) is 31.2 Å². The molecule has 0 aliphatic heterocycles. The topological polar surface area (TPSA) is 78.9 Å². The lowest BCUT2D eigenvalue weighted by Crippen LogP contribution is -2.49. The molecule has 1 amide bonds. The highest BCUT2D eigenvalue weighted by molar-refractivity contribution is 5.85. The first-order valence-electron chi connectivity index (χ1n) is 10.5. The van der Waals surface area contributed by atoms with Crippen LogP contribution < -0.4 is 15.4 Å². The maximum atomic E-state index is 13.3. The molecule has 166 valence electrons. The number of benzene rings is 1. The SMILES string of the molecule is CN=C(NCc1ccc(Oc2cccc(F)c2)nc1)NCC1(C(=O)N(C)C)CCCC1.